The normalized spacial score (nSPS) is 23.5. The molecule has 2 atom stereocenters. The fourth-order valence-electron chi connectivity index (χ4n) is 2.87. The second kappa shape index (κ2) is 5.76. The Bertz CT molecular complexity index is 444. The zero-order chi connectivity index (χ0) is 14.0. The van der Waals surface area contributed by atoms with Gasteiger partial charge in [0.25, 0.3) is 0 Å². The molecule has 1 aliphatic heterocycles. The van der Waals surface area contributed by atoms with Gasteiger partial charge in [0, 0.05) is 31.6 Å². The van der Waals surface area contributed by atoms with Crippen LogP contribution in [0.2, 0.25) is 0 Å². The number of rotatable bonds is 3. The summed E-state index contributed by atoms with van der Waals surface area (Å²) in [6.45, 7) is 9.99. The lowest BCUT2D eigenvalue weighted by atomic mass is 9.92. The third-order valence-electron chi connectivity index (χ3n) is 4.37. The Balaban J connectivity index is 2.42. The summed E-state index contributed by atoms with van der Waals surface area (Å²) in [5.74, 6) is 3.74. The monoisotopic (exact) mass is 262 g/mol. The topological polar surface area (TPSA) is 41.1 Å². The first-order chi connectivity index (χ1) is 9.08. The molecular formula is C15H26N4. The second-order valence-electron chi connectivity index (χ2n) is 5.59. The van der Waals surface area contributed by atoms with Crippen LogP contribution in [0.15, 0.2) is 0 Å². The van der Waals surface area contributed by atoms with E-state index < -0.39 is 0 Å². The van der Waals surface area contributed by atoms with Crippen molar-refractivity contribution in [3.05, 3.63) is 11.4 Å². The van der Waals surface area contributed by atoms with Gasteiger partial charge in [0.1, 0.15) is 17.5 Å². The first kappa shape index (κ1) is 14.1. The van der Waals surface area contributed by atoms with Crippen LogP contribution in [0.3, 0.4) is 0 Å². The molecule has 1 aromatic heterocycles. The molecule has 0 aliphatic carbocycles. The van der Waals surface area contributed by atoms with Crippen LogP contribution in [0, 0.1) is 12.8 Å². The zero-order valence-electron chi connectivity index (χ0n) is 12.8. The smallest absolute Gasteiger partial charge is 0.137 e. The van der Waals surface area contributed by atoms with E-state index in [0.717, 1.165) is 36.3 Å². The quantitative estimate of drug-likeness (QED) is 0.909. The van der Waals surface area contributed by atoms with Crippen LogP contribution >= 0.6 is 0 Å². The molecule has 1 saturated heterocycles. The maximum atomic E-state index is 4.78. The number of nitrogens with zero attached hydrogens (tertiary/aromatic N) is 3. The van der Waals surface area contributed by atoms with Crippen LogP contribution < -0.4 is 10.2 Å². The molecule has 4 heteroatoms. The summed E-state index contributed by atoms with van der Waals surface area (Å²) in [5.41, 5.74) is 1.17. The summed E-state index contributed by atoms with van der Waals surface area (Å²) < 4.78 is 0. The summed E-state index contributed by atoms with van der Waals surface area (Å²) >= 11 is 0. The maximum Gasteiger partial charge on any atom is 0.137 e. The fourth-order valence-corrected chi connectivity index (χ4v) is 2.87. The van der Waals surface area contributed by atoms with Crippen molar-refractivity contribution in [3.8, 4) is 0 Å². The Hall–Kier alpha value is -1.32. The van der Waals surface area contributed by atoms with Gasteiger partial charge in [-0.05, 0) is 32.6 Å². The van der Waals surface area contributed by atoms with E-state index in [1.807, 2.05) is 7.05 Å². The number of hydrogen-bond acceptors (Lipinski definition) is 4. The molecule has 0 spiro atoms. The first-order valence-electron chi connectivity index (χ1n) is 7.40. The van der Waals surface area contributed by atoms with Crippen molar-refractivity contribution >= 4 is 11.6 Å². The van der Waals surface area contributed by atoms with Crippen molar-refractivity contribution in [3.63, 3.8) is 0 Å². The van der Waals surface area contributed by atoms with Gasteiger partial charge in [-0.3, -0.25) is 0 Å². The highest BCUT2D eigenvalue weighted by atomic mass is 15.2. The molecule has 0 bridgehead atoms. The van der Waals surface area contributed by atoms with Gasteiger partial charge in [0.15, 0.2) is 0 Å². The molecule has 0 aromatic carbocycles. The Kier molecular flexibility index (Phi) is 4.27. The summed E-state index contributed by atoms with van der Waals surface area (Å²) in [7, 11) is 1.93. The average Bonchev–Trinajstić information content (AvgIpc) is 2.42. The van der Waals surface area contributed by atoms with Crippen molar-refractivity contribution in [1.29, 1.82) is 0 Å². The number of hydrogen-bond donors (Lipinski definition) is 1. The van der Waals surface area contributed by atoms with Gasteiger partial charge in [-0.25, -0.2) is 9.97 Å². The Morgan fingerprint density at radius 1 is 1.32 bits per heavy atom. The Labute approximate surface area is 116 Å². The van der Waals surface area contributed by atoms with Crippen LogP contribution in [-0.4, -0.2) is 29.6 Å². The van der Waals surface area contributed by atoms with Crippen molar-refractivity contribution in [1.82, 2.24) is 9.97 Å². The number of aryl methyl sites for hydroxylation is 1. The third kappa shape index (κ3) is 2.67. The van der Waals surface area contributed by atoms with Crippen molar-refractivity contribution in [2.24, 2.45) is 5.92 Å². The summed E-state index contributed by atoms with van der Waals surface area (Å²) in [6, 6.07) is 0.553. The lowest BCUT2D eigenvalue weighted by molar-refractivity contribution is 0.361. The van der Waals surface area contributed by atoms with Gasteiger partial charge in [-0.1, -0.05) is 13.8 Å². The fraction of sp³-hybridized carbons (Fsp3) is 0.733. The van der Waals surface area contributed by atoms with Crippen LogP contribution in [0.4, 0.5) is 11.6 Å². The van der Waals surface area contributed by atoms with Crippen LogP contribution in [0.5, 0.6) is 0 Å². The van der Waals surface area contributed by atoms with E-state index >= 15 is 0 Å². The molecule has 1 N–H and O–H groups in total. The minimum Gasteiger partial charge on any atom is -0.373 e. The SMILES string of the molecule is CCc1nc(NC)c(C)c(N2CCCC(C)C2C)n1. The lowest BCUT2D eigenvalue weighted by Crippen LogP contribution is -2.43. The molecule has 0 radical (unpaired) electrons. The number of anilines is 2. The van der Waals surface area contributed by atoms with Gasteiger partial charge in [0.2, 0.25) is 0 Å². The van der Waals surface area contributed by atoms with Crippen molar-refractivity contribution < 1.29 is 0 Å². The van der Waals surface area contributed by atoms with Gasteiger partial charge >= 0.3 is 0 Å². The minimum absolute atomic E-state index is 0.553. The number of nitrogens with one attached hydrogen (secondary N) is 1. The molecule has 2 rings (SSSR count). The van der Waals surface area contributed by atoms with Crippen molar-refractivity contribution in [2.45, 2.75) is 53.0 Å². The van der Waals surface area contributed by atoms with Crippen LogP contribution in [-0.2, 0) is 6.42 Å². The third-order valence-corrected chi connectivity index (χ3v) is 4.37. The van der Waals surface area contributed by atoms with E-state index in [0.29, 0.717) is 6.04 Å². The van der Waals surface area contributed by atoms with E-state index in [2.05, 4.69) is 42.9 Å². The molecule has 1 fully saturated rings. The minimum atomic E-state index is 0.553. The van der Waals surface area contributed by atoms with Crippen LogP contribution in [0.25, 0.3) is 0 Å². The van der Waals surface area contributed by atoms with Crippen molar-refractivity contribution in [2.75, 3.05) is 23.8 Å². The molecule has 0 saturated carbocycles. The molecule has 1 aromatic rings. The number of piperidine rings is 1. The predicted octanol–water partition coefficient (Wildman–Crippen LogP) is 3.01. The van der Waals surface area contributed by atoms with E-state index in [1.165, 1.54) is 18.4 Å². The molecule has 2 unspecified atom stereocenters. The largest absolute Gasteiger partial charge is 0.373 e. The van der Waals surface area contributed by atoms with Gasteiger partial charge in [-0.2, -0.15) is 0 Å². The highest BCUT2D eigenvalue weighted by Crippen LogP contribution is 2.31. The van der Waals surface area contributed by atoms with Gasteiger partial charge in [-0.15, -0.1) is 0 Å². The summed E-state index contributed by atoms with van der Waals surface area (Å²) in [5, 5.41) is 3.20. The molecule has 2 heterocycles. The number of aromatic nitrogens is 2. The average molecular weight is 262 g/mol. The highest BCUT2D eigenvalue weighted by Gasteiger charge is 2.27. The Morgan fingerprint density at radius 3 is 2.68 bits per heavy atom. The second-order valence-corrected chi connectivity index (χ2v) is 5.59. The molecule has 4 nitrogen and oxygen atoms in total. The summed E-state index contributed by atoms with van der Waals surface area (Å²) in [6.07, 6.45) is 3.45. The zero-order valence-corrected chi connectivity index (χ0v) is 12.8. The van der Waals surface area contributed by atoms with Crippen LogP contribution in [0.1, 0.15) is 45.0 Å². The molecule has 1 aliphatic rings. The van der Waals surface area contributed by atoms with E-state index in [1.54, 1.807) is 0 Å². The molecule has 19 heavy (non-hydrogen) atoms. The predicted molar refractivity (Wildman–Crippen MR) is 80.9 cm³/mol. The standard InChI is InChI=1S/C15H26N4/c1-6-13-17-14(16-5)11(3)15(18-13)19-9-7-8-10(2)12(19)4/h10,12H,6-9H2,1-5H3,(H,16,17,18). The van der Waals surface area contributed by atoms with Gasteiger partial charge in [0.05, 0.1) is 0 Å². The molecular weight excluding hydrogens is 236 g/mol. The van der Waals surface area contributed by atoms with E-state index in [4.69, 9.17) is 4.98 Å². The van der Waals surface area contributed by atoms with E-state index in [9.17, 15) is 0 Å². The summed E-state index contributed by atoms with van der Waals surface area (Å²) in [4.78, 5) is 11.8. The van der Waals surface area contributed by atoms with E-state index in [-0.39, 0.29) is 0 Å². The Morgan fingerprint density at radius 2 is 2.05 bits per heavy atom. The highest BCUT2D eigenvalue weighted by molar-refractivity contribution is 5.59. The first-order valence-corrected chi connectivity index (χ1v) is 7.40. The maximum absolute atomic E-state index is 4.78. The molecule has 106 valence electrons. The van der Waals surface area contributed by atoms with Gasteiger partial charge < -0.3 is 10.2 Å². The lowest BCUT2D eigenvalue weighted by Gasteiger charge is -2.39. The molecule has 0 amide bonds.